The van der Waals surface area contributed by atoms with E-state index in [1.165, 1.54) is 0 Å². The van der Waals surface area contributed by atoms with Gasteiger partial charge in [0.15, 0.2) is 0 Å². The van der Waals surface area contributed by atoms with Crippen molar-refractivity contribution in [3.8, 4) is 34.5 Å². The molecule has 0 radical (unpaired) electrons. The molecular weight excluding hydrogens is 474 g/mol. The number of anilines is 3. The van der Waals surface area contributed by atoms with Gasteiger partial charge >= 0.3 is 0 Å². The predicted molar refractivity (Wildman–Crippen MR) is 146 cm³/mol. The highest BCUT2D eigenvalue weighted by Gasteiger charge is 2.11. The molecule has 3 N–H and O–H groups in total. The molecule has 6 rings (SSSR count). The van der Waals surface area contributed by atoms with Crippen molar-refractivity contribution in [2.24, 2.45) is 0 Å². The third kappa shape index (κ3) is 7.19. The zero-order chi connectivity index (χ0) is 25.9. The molecule has 3 aliphatic heterocycles. The van der Waals surface area contributed by atoms with Crippen molar-refractivity contribution in [2.45, 2.75) is 6.92 Å². The summed E-state index contributed by atoms with van der Waals surface area (Å²) in [4.78, 5) is 0. The maximum absolute atomic E-state index is 5.47. The molecule has 0 atom stereocenters. The molecule has 9 heteroatoms. The van der Waals surface area contributed by atoms with E-state index in [0.29, 0.717) is 6.61 Å². The molecule has 0 aromatic heterocycles. The molecular formula is C28H35N3O6. The van der Waals surface area contributed by atoms with Gasteiger partial charge in [0, 0.05) is 37.8 Å². The molecule has 0 fully saturated rings. The van der Waals surface area contributed by atoms with Gasteiger partial charge in [-0.05, 0) is 43.3 Å². The Morgan fingerprint density at radius 1 is 0.595 bits per heavy atom. The van der Waals surface area contributed by atoms with Crippen LogP contribution in [0.15, 0.2) is 54.6 Å². The van der Waals surface area contributed by atoms with Gasteiger partial charge in [-0.2, -0.15) is 0 Å². The summed E-state index contributed by atoms with van der Waals surface area (Å²) in [5.74, 6) is 5.22. The summed E-state index contributed by atoms with van der Waals surface area (Å²) in [6.07, 6.45) is 0. The highest BCUT2D eigenvalue weighted by molar-refractivity contribution is 5.62. The quantitative estimate of drug-likeness (QED) is 0.455. The van der Waals surface area contributed by atoms with Crippen LogP contribution < -0.4 is 44.4 Å². The molecule has 3 aromatic rings. The van der Waals surface area contributed by atoms with Crippen molar-refractivity contribution < 1.29 is 28.4 Å². The van der Waals surface area contributed by atoms with Crippen LogP contribution in [0.5, 0.6) is 34.5 Å². The van der Waals surface area contributed by atoms with Crippen LogP contribution in [0.25, 0.3) is 0 Å². The molecule has 3 aromatic carbocycles. The van der Waals surface area contributed by atoms with Crippen LogP contribution in [0, 0.1) is 0 Å². The molecule has 0 aliphatic carbocycles. The van der Waals surface area contributed by atoms with E-state index in [1.54, 1.807) is 14.2 Å². The van der Waals surface area contributed by atoms with Crippen molar-refractivity contribution in [3.05, 3.63) is 54.6 Å². The van der Waals surface area contributed by atoms with Crippen LogP contribution in [-0.2, 0) is 0 Å². The number of benzene rings is 3. The Labute approximate surface area is 218 Å². The molecule has 0 bridgehead atoms. The normalized spacial score (nSPS) is 14.0. The average Bonchev–Trinajstić information content (AvgIpc) is 2.97. The van der Waals surface area contributed by atoms with Crippen LogP contribution in [0.1, 0.15) is 6.92 Å². The molecule has 9 nitrogen and oxygen atoms in total. The fraction of sp³-hybridized carbons (Fsp3) is 0.357. The minimum absolute atomic E-state index is 0.687. The molecule has 198 valence electrons. The molecule has 0 amide bonds. The maximum atomic E-state index is 5.47. The van der Waals surface area contributed by atoms with Crippen LogP contribution >= 0.6 is 0 Å². The fourth-order valence-corrected chi connectivity index (χ4v) is 3.86. The van der Waals surface area contributed by atoms with Gasteiger partial charge in [-0.25, -0.2) is 0 Å². The average molecular weight is 510 g/mol. The van der Waals surface area contributed by atoms with E-state index >= 15 is 0 Å². The Bertz CT molecular complexity index is 1100. The van der Waals surface area contributed by atoms with Gasteiger partial charge in [0.05, 0.1) is 37.9 Å². The Morgan fingerprint density at radius 2 is 1.08 bits per heavy atom. The lowest BCUT2D eigenvalue weighted by atomic mass is 10.2. The van der Waals surface area contributed by atoms with Crippen molar-refractivity contribution in [2.75, 3.05) is 76.2 Å². The van der Waals surface area contributed by atoms with Gasteiger partial charge < -0.3 is 44.4 Å². The SMILES string of the molecule is CCOc1ccc2c(c1)OCCN2.COc1ccc2c(c1)NCCO2.COc1ccc2c(c1)OCCN2. The van der Waals surface area contributed by atoms with Gasteiger partial charge in [0.1, 0.15) is 54.3 Å². The summed E-state index contributed by atoms with van der Waals surface area (Å²) in [6.45, 7) is 7.45. The molecule has 0 saturated heterocycles. The number of ether oxygens (including phenoxy) is 6. The van der Waals surface area contributed by atoms with E-state index < -0.39 is 0 Å². The third-order valence-electron chi connectivity index (χ3n) is 5.66. The molecule has 0 spiro atoms. The Balaban J connectivity index is 0.000000130. The lowest BCUT2D eigenvalue weighted by Gasteiger charge is -2.19. The predicted octanol–water partition coefficient (Wildman–Crippen LogP) is 4.89. The largest absolute Gasteiger partial charge is 0.497 e. The van der Waals surface area contributed by atoms with Gasteiger partial charge in [-0.15, -0.1) is 0 Å². The second kappa shape index (κ2) is 13.2. The number of hydrogen-bond donors (Lipinski definition) is 3. The second-order valence-electron chi connectivity index (χ2n) is 8.14. The van der Waals surface area contributed by atoms with Crippen molar-refractivity contribution in [1.82, 2.24) is 0 Å². The third-order valence-corrected chi connectivity index (χ3v) is 5.66. The van der Waals surface area contributed by atoms with Crippen LogP contribution in [-0.4, -0.2) is 60.3 Å². The van der Waals surface area contributed by atoms with Crippen LogP contribution in [0.3, 0.4) is 0 Å². The summed E-state index contributed by atoms with van der Waals surface area (Å²) in [5, 5.41) is 9.72. The first-order valence-electron chi connectivity index (χ1n) is 12.4. The molecule has 0 unspecified atom stereocenters. The summed E-state index contributed by atoms with van der Waals surface area (Å²) in [5.41, 5.74) is 3.11. The first kappa shape index (κ1) is 25.9. The van der Waals surface area contributed by atoms with Crippen molar-refractivity contribution in [3.63, 3.8) is 0 Å². The van der Waals surface area contributed by atoms with E-state index in [4.69, 9.17) is 28.4 Å². The highest BCUT2D eigenvalue weighted by Crippen LogP contribution is 2.32. The summed E-state index contributed by atoms with van der Waals surface area (Å²) in [6, 6.07) is 17.4. The van der Waals surface area contributed by atoms with Gasteiger partial charge in [0.2, 0.25) is 0 Å². The lowest BCUT2D eigenvalue weighted by molar-refractivity contribution is 0.312. The number of hydrogen-bond acceptors (Lipinski definition) is 9. The summed E-state index contributed by atoms with van der Waals surface area (Å²) >= 11 is 0. The van der Waals surface area contributed by atoms with Crippen LogP contribution in [0.2, 0.25) is 0 Å². The number of methoxy groups -OCH3 is 2. The Hall–Kier alpha value is -4.14. The monoisotopic (exact) mass is 509 g/mol. The summed E-state index contributed by atoms with van der Waals surface area (Å²) < 4.78 is 31.8. The standard InChI is InChI=1S/C10H13NO2.2C9H11NO2/c1-2-12-8-3-4-9-10(7-8)13-6-5-11-9;1-11-7-2-3-9-8(6-7)10-4-5-12-9;1-11-7-2-3-8-9(6-7)12-5-4-10-8/h3-4,7,11H,2,5-6H2,1H3;2*2-3,6,10H,4-5H2,1H3. The van der Waals surface area contributed by atoms with Crippen molar-refractivity contribution >= 4 is 17.1 Å². The minimum Gasteiger partial charge on any atom is -0.497 e. The van der Waals surface area contributed by atoms with E-state index in [1.807, 2.05) is 61.5 Å². The molecule has 3 aliphatic rings. The van der Waals surface area contributed by atoms with Crippen LogP contribution in [0.4, 0.5) is 17.1 Å². The van der Waals surface area contributed by atoms with Gasteiger partial charge in [0.25, 0.3) is 0 Å². The zero-order valence-electron chi connectivity index (χ0n) is 21.6. The van der Waals surface area contributed by atoms with Crippen molar-refractivity contribution in [1.29, 1.82) is 0 Å². The first-order chi connectivity index (χ1) is 18.2. The highest BCUT2D eigenvalue weighted by atomic mass is 16.5. The number of nitrogens with one attached hydrogen (secondary N) is 3. The summed E-state index contributed by atoms with van der Waals surface area (Å²) in [7, 11) is 3.31. The topological polar surface area (TPSA) is 91.5 Å². The molecule has 0 saturated carbocycles. The van der Waals surface area contributed by atoms with E-state index in [0.717, 1.165) is 91.0 Å². The van der Waals surface area contributed by atoms with Gasteiger partial charge in [-0.3, -0.25) is 0 Å². The first-order valence-corrected chi connectivity index (χ1v) is 12.4. The van der Waals surface area contributed by atoms with E-state index in [2.05, 4.69) is 16.0 Å². The number of fused-ring (bicyclic) bond motifs is 3. The van der Waals surface area contributed by atoms with E-state index in [9.17, 15) is 0 Å². The minimum atomic E-state index is 0.687. The smallest absolute Gasteiger partial charge is 0.146 e. The Kier molecular flexibility index (Phi) is 9.29. The maximum Gasteiger partial charge on any atom is 0.146 e. The molecule has 37 heavy (non-hydrogen) atoms. The van der Waals surface area contributed by atoms with Gasteiger partial charge in [-0.1, -0.05) is 0 Å². The zero-order valence-corrected chi connectivity index (χ0v) is 21.6. The van der Waals surface area contributed by atoms with E-state index in [-0.39, 0.29) is 0 Å². The molecule has 3 heterocycles. The lowest BCUT2D eigenvalue weighted by Crippen LogP contribution is -2.17. The second-order valence-corrected chi connectivity index (χ2v) is 8.14. The fourth-order valence-electron chi connectivity index (χ4n) is 3.86. The Morgan fingerprint density at radius 3 is 1.68 bits per heavy atom. The number of rotatable bonds is 4.